The quantitative estimate of drug-likeness (QED) is 0.759. The van der Waals surface area contributed by atoms with Crippen LogP contribution in [0.4, 0.5) is 10.1 Å². The number of hydrogen-bond donors (Lipinski definition) is 1. The molecule has 2 nitrogen and oxygen atoms in total. The van der Waals surface area contributed by atoms with E-state index in [9.17, 15) is 4.39 Å². The molecule has 3 rings (SSSR count). The first-order valence-corrected chi connectivity index (χ1v) is 7.07. The summed E-state index contributed by atoms with van der Waals surface area (Å²) in [5.41, 5.74) is 8.00. The second kappa shape index (κ2) is 4.80. The number of hydrogen-bond acceptors (Lipinski definition) is 2. The summed E-state index contributed by atoms with van der Waals surface area (Å²) >= 11 is 11.8. The summed E-state index contributed by atoms with van der Waals surface area (Å²) in [5, 5.41) is 0.378. The highest BCUT2D eigenvalue weighted by atomic mass is 35.5. The minimum atomic E-state index is -0.641. The Morgan fingerprint density at radius 1 is 1.21 bits per heavy atom. The van der Waals surface area contributed by atoms with Crippen molar-refractivity contribution >= 4 is 39.8 Å². The van der Waals surface area contributed by atoms with Gasteiger partial charge in [0, 0.05) is 22.7 Å². The maximum absolute atomic E-state index is 13.7. The van der Waals surface area contributed by atoms with Gasteiger partial charge < -0.3 is 5.73 Å². The molecule has 0 saturated heterocycles. The predicted molar refractivity (Wildman–Crippen MR) is 77.3 cm³/mol. The lowest BCUT2D eigenvalue weighted by Gasteiger charge is -2.13. The Labute approximate surface area is 120 Å². The zero-order chi connectivity index (χ0) is 13.6. The maximum Gasteiger partial charge on any atom is 0.161 e. The monoisotopic (exact) mass is 298 g/mol. The van der Waals surface area contributed by atoms with E-state index in [1.165, 1.54) is 18.9 Å². The van der Waals surface area contributed by atoms with Crippen LogP contribution in [0.25, 0.3) is 10.9 Å². The highest BCUT2D eigenvalue weighted by molar-refractivity contribution is 6.39. The highest BCUT2D eigenvalue weighted by Gasteiger charge is 2.21. The second-order valence-corrected chi connectivity index (χ2v) is 5.78. The first-order valence-electron chi connectivity index (χ1n) is 6.31. The van der Waals surface area contributed by atoms with E-state index in [1.54, 1.807) is 0 Å². The summed E-state index contributed by atoms with van der Waals surface area (Å²) in [4.78, 5) is 4.57. The number of fused-ring (bicyclic) bond motifs is 1. The summed E-state index contributed by atoms with van der Waals surface area (Å²) in [5.74, 6) is -0.202. The van der Waals surface area contributed by atoms with E-state index in [4.69, 9.17) is 28.9 Å². The topological polar surface area (TPSA) is 38.9 Å². The highest BCUT2D eigenvalue weighted by Crippen LogP contribution is 2.38. The van der Waals surface area contributed by atoms with Crippen LogP contribution in [0.15, 0.2) is 12.1 Å². The van der Waals surface area contributed by atoms with Gasteiger partial charge in [0.15, 0.2) is 5.82 Å². The molecule has 1 aromatic heterocycles. The van der Waals surface area contributed by atoms with Gasteiger partial charge in [0.2, 0.25) is 0 Å². The largest absolute Gasteiger partial charge is 0.398 e. The summed E-state index contributed by atoms with van der Waals surface area (Å²) in [7, 11) is 0. The third kappa shape index (κ3) is 2.15. The molecule has 1 heterocycles. The van der Waals surface area contributed by atoms with Gasteiger partial charge in [-0.2, -0.15) is 0 Å². The average molecular weight is 299 g/mol. The van der Waals surface area contributed by atoms with Crippen LogP contribution in [-0.2, 0) is 0 Å². The van der Waals surface area contributed by atoms with Crippen molar-refractivity contribution in [1.29, 1.82) is 0 Å². The zero-order valence-electron chi connectivity index (χ0n) is 10.2. The number of benzene rings is 1. The van der Waals surface area contributed by atoms with E-state index in [0.717, 1.165) is 18.5 Å². The van der Waals surface area contributed by atoms with E-state index >= 15 is 0 Å². The Kier molecular flexibility index (Phi) is 3.27. The van der Waals surface area contributed by atoms with Gasteiger partial charge in [-0.15, -0.1) is 0 Å². The van der Waals surface area contributed by atoms with Crippen LogP contribution >= 0.6 is 23.2 Å². The molecule has 0 bridgehead atoms. The van der Waals surface area contributed by atoms with E-state index in [0.29, 0.717) is 22.5 Å². The predicted octanol–water partition coefficient (Wildman–Crippen LogP) is 4.92. The molecule has 100 valence electrons. The number of halogens is 3. The van der Waals surface area contributed by atoms with Gasteiger partial charge in [0.25, 0.3) is 0 Å². The molecule has 0 radical (unpaired) electrons. The molecule has 2 aromatic rings. The van der Waals surface area contributed by atoms with Crippen LogP contribution < -0.4 is 5.73 Å². The maximum atomic E-state index is 13.7. The van der Waals surface area contributed by atoms with Gasteiger partial charge in [-0.3, -0.25) is 4.98 Å². The molecular formula is C14H13Cl2FN2. The minimum absolute atomic E-state index is 0.0204. The molecule has 0 unspecified atom stereocenters. The van der Waals surface area contributed by atoms with Gasteiger partial charge in [-0.05, 0) is 25.0 Å². The fourth-order valence-electron chi connectivity index (χ4n) is 2.78. The number of nitrogens with two attached hydrogens (primary N) is 1. The van der Waals surface area contributed by atoms with E-state index in [2.05, 4.69) is 4.98 Å². The molecule has 0 spiro atoms. The van der Waals surface area contributed by atoms with E-state index in [1.807, 2.05) is 6.07 Å². The average Bonchev–Trinajstić information content (AvgIpc) is 2.89. The van der Waals surface area contributed by atoms with E-state index < -0.39 is 5.82 Å². The van der Waals surface area contributed by atoms with Crippen LogP contribution in [0.3, 0.4) is 0 Å². The fourth-order valence-corrected chi connectivity index (χ4v) is 3.33. The van der Waals surface area contributed by atoms with Gasteiger partial charge in [-0.25, -0.2) is 4.39 Å². The number of nitrogens with zero attached hydrogens (tertiary/aromatic N) is 1. The Bertz CT molecular complexity index is 652. The third-order valence-electron chi connectivity index (χ3n) is 3.76. The fraction of sp³-hybridized carbons (Fsp3) is 0.357. The van der Waals surface area contributed by atoms with Gasteiger partial charge in [0.05, 0.1) is 15.6 Å². The Morgan fingerprint density at radius 3 is 2.58 bits per heavy atom. The van der Waals surface area contributed by atoms with Crippen LogP contribution in [0.2, 0.25) is 10.0 Å². The molecular weight excluding hydrogens is 286 g/mol. The van der Waals surface area contributed by atoms with Crippen molar-refractivity contribution in [3.05, 3.63) is 33.7 Å². The van der Waals surface area contributed by atoms with Crippen molar-refractivity contribution < 1.29 is 4.39 Å². The molecule has 1 saturated carbocycles. The molecule has 2 N–H and O–H groups in total. The Balaban J connectivity index is 2.23. The van der Waals surface area contributed by atoms with Crippen molar-refractivity contribution in [3.63, 3.8) is 0 Å². The van der Waals surface area contributed by atoms with Crippen molar-refractivity contribution in [2.75, 3.05) is 5.73 Å². The summed E-state index contributed by atoms with van der Waals surface area (Å²) in [6.07, 6.45) is 4.69. The van der Waals surface area contributed by atoms with Crippen LogP contribution in [0.5, 0.6) is 0 Å². The van der Waals surface area contributed by atoms with Crippen LogP contribution in [0, 0.1) is 5.82 Å². The molecule has 19 heavy (non-hydrogen) atoms. The number of anilines is 1. The molecule has 1 fully saturated rings. The summed E-state index contributed by atoms with van der Waals surface area (Å²) < 4.78 is 13.7. The number of pyridine rings is 1. The first kappa shape index (κ1) is 12.9. The normalized spacial score (nSPS) is 16.4. The third-order valence-corrected chi connectivity index (χ3v) is 4.39. The van der Waals surface area contributed by atoms with Crippen molar-refractivity contribution in [1.82, 2.24) is 4.98 Å². The lowest BCUT2D eigenvalue weighted by Crippen LogP contribution is -2.01. The molecule has 0 atom stereocenters. The zero-order valence-corrected chi connectivity index (χ0v) is 11.7. The standard InChI is InChI=1S/C14H13Cl2FN2/c15-8-5-11-12(13(16)14(8)17)9(18)6-10(19-11)7-3-1-2-4-7/h5-7H,1-4H2,(H2,18,19). The van der Waals surface area contributed by atoms with Crippen molar-refractivity contribution in [2.24, 2.45) is 0 Å². The van der Waals surface area contributed by atoms with Gasteiger partial charge >= 0.3 is 0 Å². The van der Waals surface area contributed by atoms with Crippen LogP contribution in [0.1, 0.15) is 37.3 Å². The van der Waals surface area contributed by atoms with Gasteiger partial charge in [0.1, 0.15) is 0 Å². The lowest BCUT2D eigenvalue weighted by atomic mass is 10.0. The lowest BCUT2D eigenvalue weighted by molar-refractivity contribution is 0.630. The molecule has 0 amide bonds. The molecule has 0 aliphatic heterocycles. The number of nitrogen functional groups attached to an aromatic ring is 1. The molecule has 5 heteroatoms. The summed E-state index contributed by atoms with van der Waals surface area (Å²) in [6.45, 7) is 0. The van der Waals surface area contributed by atoms with Gasteiger partial charge in [-0.1, -0.05) is 36.0 Å². The Hall–Kier alpha value is -1.06. The first-order chi connectivity index (χ1) is 9.08. The minimum Gasteiger partial charge on any atom is -0.398 e. The Morgan fingerprint density at radius 2 is 1.89 bits per heavy atom. The SMILES string of the molecule is Nc1cc(C2CCCC2)nc2cc(Cl)c(F)c(Cl)c12. The number of rotatable bonds is 1. The smallest absolute Gasteiger partial charge is 0.161 e. The summed E-state index contributed by atoms with van der Waals surface area (Å²) in [6, 6.07) is 3.31. The molecule has 1 aliphatic rings. The number of aromatic nitrogens is 1. The molecule has 1 aliphatic carbocycles. The van der Waals surface area contributed by atoms with Crippen LogP contribution in [-0.4, -0.2) is 4.98 Å². The second-order valence-electron chi connectivity index (χ2n) is 5.00. The van der Waals surface area contributed by atoms with Crippen molar-refractivity contribution in [2.45, 2.75) is 31.6 Å². The molecule has 1 aromatic carbocycles. The van der Waals surface area contributed by atoms with Crippen molar-refractivity contribution in [3.8, 4) is 0 Å². The van der Waals surface area contributed by atoms with E-state index in [-0.39, 0.29) is 10.0 Å².